The van der Waals surface area contributed by atoms with E-state index in [1.54, 1.807) is 0 Å². The van der Waals surface area contributed by atoms with Crippen LogP contribution in [0.1, 0.15) is 5.56 Å². The maximum absolute atomic E-state index is 5.33. The number of anilines is 1. The van der Waals surface area contributed by atoms with Gasteiger partial charge in [-0.1, -0.05) is 12.1 Å². The van der Waals surface area contributed by atoms with E-state index in [0.717, 1.165) is 12.2 Å². The fourth-order valence-corrected chi connectivity index (χ4v) is 1.17. The zero-order chi connectivity index (χ0) is 9.68. The lowest BCUT2D eigenvalue weighted by Gasteiger charge is -2.04. The van der Waals surface area contributed by atoms with Crippen LogP contribution in [-0.4, -0.2) is 12.2 Å². The van der Waals surface area contributed by atoms with Crippen molar-refractivity contribution in [1.82, 2.24) is 5.32 Å². The molecule has 0 fully saturated rings. The highest BCUT2D eigenvalue weighted by molar-refractivity contribution is 7.80. The summed E-state index contributed by atoms with van der Waals surface area (Å²) >= 11 is 4.72. The molecule has 0 saturated heterocycles. The Kier molecular flexibility index (Phi) is 3.67. The molecule has 0 heterocycles. The van der Waals surface area contributed by atoms with Crippen molar-refractivity contribution in [2.24, 2.45) is 5.73 Å². The van der Waals surface area contributed by atoms with Crippen LogP contribution in [0, 0.1) is 0 Å². The average molecular weight is 195 g/mol. The second-order valence-corrected chi connectivity index (χ2v) is 3.16. The van der Waals surface area contributed by atoms with E-state index < -0.39 is 0 Å². The van der Waals surface area contributed by atoms with Gasteiger partial charge in [0.25, 0.3) is 0 Å². The third kappa shape index (κ3) is 3.40. The maximum atomic E-state index is 5.33. The van der Waals surface area contributed by atoms with Gasteiger partial charge in [-0.05, 0) is 37.0 Å². The van der Waals surface area contributed by atoms with Crippen molar-refractivity contribution in [2.75, 3.05) is 12.4 Å². The largest absolute Gasteiger partial charge is 0.376 e. The SMILES string of the molecule is CNCc1ccc(NC(N)=S)cc1. The molecule has 0 spiro atoms. The second kappa shape index (κ2) is 4.79. The van der Waals surface area contributed by atoms with E-state index in [1.165, 1.54) is 5.56 Å². The van der Waals surface area contributed by atoms with Gasteiger partial charge in [-0.2, -0.15) is 0 Å². The Hall–Kier alpha value is -1.13. The first kappa shape index (κ1) is 9.95. The van der Waals surface area contributed by atoms with Gasteiger partial charge in [0.2, 0.25) is 0 Å². The van der Waals surface area contributed by atoms with E-state index in [-0.39, 0.29) is 0 Å². The smallest absolute Gasteiger partial charge is 0.168 e. The minimum absolute atomic E-state index is 0.293. The molecule has 1 aromatic carbocycles. The van der Waals surface area contributed by atoms with Crippen LogP contribution < -0.4 is 16.4 Å². The molecule has 0 radical (unpaired) electrons. The van der Waals surface area contributed by atoms with Crippen LogP contribution in [-0.2, 0) is 6.54 Å². The monoisotopic (exact) mass is 195 g/mol. The molecular weight excluding hydrogens is 182 g/mol. The van der Waals surface area contributed by atoms with Crippen LogP contribution >= 0.6 is 12.2 Å². The molecule has 0 unspecified atom stereocenters. The standard InChI is InChI=1S/C9H13N3S/c1-11-6-7-2-4-8(5-3-7)12-9(10)13/h2-5,11H,6H2,1H3,(H3,10,12,13). The molecule has 0 bridgehead atoms. The van der Waals surface area contributed by atoms with Crippen LogP contribution in [0.5, 0.6) is 0 Å². The van der Waals surface area contributed by atoms with Gasteiger partial charge in [-0.15, -0.1) is 0 Å². The Bertz CT molecular complexity index is 281. The van der Waals surface area contributed by atoms with Crippen molar-refractivity contribution in [3.05, 3.63) is 29.8 Å². The normalized spacial score (nSPS) is 9.62. The van der Waals surface area contributed by atoms with Crippen LogP contribution in [0.25, 0.3) is 0 Å². The van der Waals surface area contributed by atoms with Gasteiger partial charge in [0, 0.05) is 12.2 Å². The first-order valence-electron chi connectivity index (χ1n) is 4.02. The maximum Gasteiger partial charge on any atom is 0.168 e. The quantitative estimate of drug-likeness (QED) is 0.631. The summed E-state index contributed by atoms with van der Waals surface area (Å²) in [5, 5.41) is 6.23. The summed E-state index contributed by atoms with van der Waals surface area (Å²) in [5.74, 6) is 0. The van der Waals surface area contributed by atoms with Gasteiger partial charge in [0.1, 0.15) is 0 Å². The summed E-state index contributed by atoms with van der Waals surface area (Å²) in [4.78, 5) is 0. The van der Waals surface area contributed by atoms with Crippen LogP contribution in [0.2, 0.25) is 0 Å². The molecule has 0 atom stereocenters. The Morgan fingerprint density at radius 2 is 2.00 bits per heavy atom. The molecule has 4 heteroatoms. The molecule has 13 heavy (non-hydrogen) atoms. The number of hydrogen-bond donors (Lipinski definition) is 3. The number of rotatable bonds is 3. The highest BCUT2D eigenvalue weighted by atomic mass is 32.1. The Morgan fingerprint density at radius 1 is 1.38 bits per heavy atom. The Balaban J connectivity index is 2.64. The molecule has 0 amide bonds. The fraction of sp³-hybridized carbons (Fsp3) is 0.222. The number of nitrogens with one attached hydrogen (secondary N) is 2. The summed E-state index contributed by atoms with van der Waals surface area (Å²) < 4.78 is 0. The van der Waals surface area contributed by atoms with E-state index >= 15 is 0 Å². The molecule has 0 aliphatic carbocycles. The summed E-state index contributed by atoms with van der Waals surface area (Å²) in [6, 6.07) is 7.95. The molecule has 0 aliphatic rings. The molecule has 0 saturated carbocycles. The summed E-state index contributed by atoms with van der Waals surface area (Å²) in [6.07, 6.45) is 0. The van der Waals surface area contributed by atoms with Gasteiger partial charge >= 0.3 is 0 Å². The van der Waals surface area contributed by atoms with Gasteiger partial charge in [0.15, 0.2) is 5.11 Å². The lowest BCUT2D eigenvalue weighted by Crippen LogP contribution is -2.18. The Labute approximate surface area is 83.3 Å². The van der Waals surface area contributed by atoms with Crippen LogP contribution in [0.4, 0.5) is 5.69 Å². The van der Waals surface area contributed by atoms with Crippen LogP contribution in [0.3, 0.4) is 0 Å². The number of nitrogens with two attached hydrogens (primary N) is 1. The van der Waals surface area contributed by atoms with Crippen molar-refractivity contribution in [2.45, 2.75) is 6.54 Å². The van der Waals surface area contributed by atoms with Gasteiger partial charge in [-0.3, -0.25) is 0 Å². The minimum atomic E-state index is 0.293. The first-order chi connectivity index (χ1) is 6.22. The third-order valence-corrected chi connectivity index (χ3v) is 1.70. The van der Waals surface area contributed by atoms with Crippen molar-refractivity contribution < 1.29 is 0 Å². The molecule has 70 valence electrons. The lowest BCUT2D eigenvalue weighted by molar-refractivity contribution is 0.818. The van der Waals surface area contributed by atoms with E-state index in [1.807, 2.05) is 31.3 Å². The summed E-state index contributed by atoms with van der Waals surface area (Å²) in [7, 11) is 1.92. The molecular formula is C9H13N3S. The molecule has 0 aromatic heterocycles. The molecule has 4 N–H and O–H groups in total. The van der Waals surface area contributed by atoms with Crippen molar-refractivity contribution in [3.8, 4) is 0 Å². The van der Waals surface area contributed by atoms with E-state index in [2.05, 4.69) is 10.6 Å². The van der Waals surface area contributed by atoms with Crippen LogP contribution in [0.15, 0.2) is 24.3 Å². The van der Waals surface area contributed by atoms with Crippen molar-refractivity contribution in [3.63, 3.8) is 0 Å². The fourth-order valence-electron chi connectivity index (χ4n) is 1.05. The number of thiocarbonyl (C=S) groups is 1. The third-order valence-electron chi connectivity index (χ3n) is 1.60. The molecule has 0 aliphatic heterocycles. The molecule has 1 rings (SSSR count). The van der Waals surface area contributed by atoms with Crippen molar-refractivity contribution in [1.29, 1.82) is 0 Å². The zero-order valence-corrected chi connectivity index (χ0v) is 8.32. The highest BCUT2D eigenvalue weighted by Crippen LogP contribution is 2.08. The number of benzene rings is 1. The van der Waals surface area contributed by atoms with Gasteiger partial charge < -0.3 is 16.4 Å². The van der Waals surface area contributed by atoms with E-state index in [4.69, 9.17) is 18.0 Å². The zero-order valence-electron chi connectivity index (χ0n) is 7.50. The molecule has 3 nitrogen and oxygen atoms in total. The summed E-state index contributed by atoms with van der Waals surface area (Å²) in [5.41, 5.74) is 7.49. The van der Waals surface area contributed by atoms with E-state index in [9.17, 15) is 0 Å². The second-order valence-electron chi connectivity index (χ2n) is 2.72. The predicted molar refractivity (Wildman–Crippen MR) is 59.6 cm³/mol. The number of hydrogen-bond acceptors (Lipinski definition) is 2. The Morgan fingerprint density at radius 3 is 2.46 bits per heavy atom. The highest BCUT2D eigenvalue weighted by Gasteiger charge is 1.93. The predicted octanol–water partition coefficient (Wildman–Crippen LogP) is 1.06. The average Bonchev–Trinajstić information content (AvgIpc) is 2.08. The minimum Gasteiger partial charge on any atom is -0.376 e. The summed E-state index contributed by atoms with van der Waals surface area (Å²) in [6.45, 7) is 0.868. The van der Waals surface area contributed by atoms with Gasteiger partial charge in [-0.25, -0.2) is 0 Å². The lowest BCUT2D eigenvalue weighted by atomic mass is 10.2. The van der Waals surface area contributed by atoms with Crippen molar-refractivity contribution >= 4 is 23.0 Å². The van der Waals surface area contributed by atoms with Gasteiger partial charge in [0.05, 0.1) is 0 Å². The first-order valence-corrected chi connectivity index (χ1v) is 4.43. The topological polar surface area (TPSA) is 50.1 Å². The van der Waals surface area contributed by atoms with E-state index in [0.29, 0.717) is 5.11 Å². The molecule has 1 aromatic rings.